The lowest BCUT2D eigenvalue weighted by atomic mass is 9.95. The quantitative estimate of drug-likeness (QED) is 0.610. The van der Waals surface area contributed by atoms with E-state index in [9.17, 15) is 5.11 Å². The van der Waals surface area contributed by atoms with Crippen LogP contribution >= 0.6 is 0 Å². The molecule has 0 aliphatic carbocycles. The van der Waals surface area contributed by atoms with Gasteiger partial charge in [-0.15, -0.1) is 0 Å². The Bertz CT molecular complexity index is 123. The molecular weight excluding hydrogens is 174 g/mol. The highest BCUT2D eigenvalue weighted by Crippen LogP contribution is 2.15. The lowest BCUT2D eigenvalue weighted by Crippen LogP contribution is -2.29. The van der Waals surface area contributed by atoms with Gasteiger partial charge in [0.25, 0.3) is 0 Å². The predicted octanol–water partition coefficient (Wildman–Crippen LogP) is 2.52. The van der Waals surface area contributed by atoms with Crippen LogP contribution in [-0.2, 0) is 0 Å². The van der Waals surface area contributed by atoms with E-state index in [-0.39, 0.29) is 6.10 Å². The van der Waals surface area contributed by atoms with Crippen molar-refractivity contribution < 1.29 is 5.11 Å². The Labute approximate surface area is 89.3 Å². The molecular formula is C12H27NO. The summed E-state index contributed by atoms with van der Waals surface area (Å²) < 4.78 is 0. The van der Waals surface area contributed by atoms with E-state index in [0.29, 0.717) is 5.92 Å². The van der Waals surface area contributed by atoms with E-state index in [0.717, 1.165) is 13.0 Å². The monoisotopic (exact) mass is 201 g/mol. The molecule has 0 saturated carbocycles. The summed E-state index contributed by atoms with van der Waals surface area (Å²) in [6, 6.07) is 0. The lowest BCUT2D eigenvalue weighted by Gasteiger charge is -2.23. The van der Waals surface area contributed by atoms with Crippen molar-refractivity contribution in [2.45, 2.75) is 52.1 Å². The molecule has 0 aromatic rings. The molecule has 0 bridgehead atoms. The van der Waals surface area contributed by atoms with Crippen LogP contribution < -0.4 is 0 Å². The van der Waals surface area contributed by atoms with Crippen LogP contribution in [0.5, 0.6) is 0 Å². The van der Waals surface area contributed by atoms with E-state index >= 15 is 0 Å². The average molecular weight is 201 g/mol. The van der Waals surface area contributed by atoms with Crippen molar-refractivity contribution in [2.24, 2.45) is 5.92 Å². The number of nitrogens with zero attached hydrogens (tertiary/aromatic N) is 1. The molecule has 2 unspecified atom stereocenters. The van der Waals surface area contributed by atoms with E-state index in [2.05, 4.69) is 25.9 Å². The molecule has 0 saturated heterocycles. The molecule has 0 aromatic carbocycles. The number of unbranched alkanes of at least 4 members (excludes halogenated alkanes) is 3. The number of aliphatic hydroxyl groups is 1. The molecule has 2 heteroatoms. The molecule has 2 nitrogen and oxygen atoms in total. The molecule has 1 N–H and O–H groups in total. The highest BCUT2D eigenvalue weighted by atomic mass is 16.3. The van der Waals surface area contributed by atoms with Crippen molar-refractivity contribution in [3.8, 4) is 0 Å². The molecule has 0 aliphatic rings. The third-order valence-electron chi connectivity index (χ3n) is 2.71. The maximum Gasteiger partial charge on any atom is 0.0552 e. The number of rotatable bonds is 8. The number of hydrogen-bond acceptors (Lipinski definition) is 2. The van der Waals surface area contributed by atoms with Gasteiger partial charge in [-0.2, -0.15) is 0 Å². The maximum absolute atomic E-state index is 9.59. The molecule has 0 radical (unpaired) electrons. The van der Waals surface area contributed by atoms with Crippen LogP contribution in [0.25, 0.3) is 0 Å². The van der Waals surface area contributed by atoms with Crippen LogP contribution in [0.4, 0.5) is 0 Å². The second-order valence-electron chi connectivity index (χ2n) is 4.61. The minimum Gasteiger partial charge on any atom is -0.393 e. The maximum atomic E-state index is 9.59. The summed E-state index contributed by atoms with van der Waals surface area (Å²) in [5.41, 5.74) is 0. The van der Waals surface area contributed by atoms with Gasteiger partial charge < -0.3 is 10.0 Å². The summed E-state index contributed by atoms with van der Waals surface area (Å²) in [4.78, 5) is 2.16. The van der Waals surface area contributed by atoms with Gasteiger partial charge in [0.15, 0.2) is 0 Å². The first kappa shape index (κ1) is 13.9. The van der Waals surface area contributed by atoms with Gasteiger partial charge in [0, 0.05) is 6.54 Å². The van der Waals surface area contributed by atoms with Crippen LogP contribution in [0, 0.1) is 5.92 Å². The Kier molecular flexibility index (Phi) is 8.20. The van der Waals surface area contributed by atoms with Gasteiger partial charge in [0.05, 0.1) is 6.10 Å². The Morgan fingerprint density at radius 3 is 2.21 bits per heavy atom. The smallest absolute Gasteiger partial charge is 0.0552 e. The fraction of sp³-hybridized carbons (Fsp3) is 1.00. The van der Waals surface area contributed by atoms with Crippen LogP contribution in [0.1, 0.15) is 46.0 Å². The molecule has 0 fully saturated rings. The van der Waals surface area contributed by atoms with Gasteiger partial charge >= 0.3 is 0 Å². The summed E-state index contributed by atoms with van der Waals surface area (Å²) >= 11 is 0. The first-order valence-corrected chi connectivity index (χ1v) is 5.90. The van der Waals surface area contributed by atoms with Gasteiger partial charge in [-0.05, 0) is 33.4 Å². The van der Waals surface area contributed by atoms with Crippen molar-refractivity contribution in [3.05, 3.63) is 0 Å². The van der Waals surface area contributed by atoms with Crippen molar-refractivity contribution in [3.63, 3.8) is 0 Å². The van der Waals surface area contributed by atoms with E-state index in [1.165, 1.54) is 25.7 Å². The summed E-state index contributed by atoms with van der Waals surface area (Å²) in [7, 11) is 4.14. The van der Waals surface area contributed by atoms with E-state index in [1.807, 2.05) is 6.92 Å². The van der Waals surface area contributed by atoms with Crippen LogP contribution in [0.2, 0.25) is 0 Å². The second kappa shape index (κ2) is 8.25. The number of aliphatic hydroxyl groups excluding tert-OH is 1. The average Bonchev–Trinajstić information content (AvgIpc) is 2.09. The van der Waals surface area contributed by atoms with Crippen molar-refractivity contribution in [1.29, 1.82) is 0 Å². The largest absolute Gasteiger partial charge is 0.393 e. The molecule has 0 aliphatic heterocycles. The highest BCUT2D eigenvalue weighted by Gasteiger charge is 2.14. The molecule has 2 atom stereocenters. The Morgan fingerprint density at radius 2 is 1.79 bits per heavy atom. The van der Waals surface area contributed by atoms with E-state index in [1.54, 1.807) is 0 Å². The van der Waals surface area contributed by atoms with Crippen molar-refractivity contribution in [2.75, 3.05) is 20.6 Å². The van der Waals surface area contributed by atoms with Crippen molar-refractivity contribution >= 4 is 0 Å². The minimum absolute atomic E-state index is 0.168. The normalized spacial score (nSPS) is 15.9. The van der Waals surface area contributed by atoms with Gasteiger partial charge in [0.1, 0.15) is 0 Å². The van der Waals surface area contributed by atoms with Gasteiger partial charge in [-0.1, -0.05) is 32.6 Å². The summed E-state index contributed by atoms with van der Waals surface area (Å²) in [5, 5.41) is 9.59. The fourth-order valence-electron chi connectivity index (χ4n) is 1.79. The van der Waals surface area contributed by atoms with Gasteiger partial charge in [-0.3, -0.25) is 0 Å². The molecule has 0 spiro atoms. The van der Waals surface area contributed by atoms with Gasteiger partial charge in [-0.25, -0.2) is 0 Å². The Balaban J connectivity index is 3.63. The topological polar surface area (TPSA) is 23.5 Å². The standard InChI is InChI=1S/C12H27NO/c1-5-6-7-8-9-12(11(2)14)10-13(3)4/h11-12,14H,5-10H2,1-4H3. The summed E-state index contributed by atoms with van der Waals surface area (Å²) in [6.07, 6.45) is 6.18. The molecule has 0 aromatic heterocycles. The zero-order valence-corrected chi connectivity index (χ0v) is 10.3. The zero-order valence-electron chi connectivity index (χ0n) is 10.3. The molecule has 86 valence electrons. The van der Waals surface area contributed by atoms with E-state index in [4.69, 9.17) is 0 Å². The van der Waals surface area contributed by atoms with Crippen LogP contribution in [0.3, 0.4) is 0 Å². The lowest BCUT2D eigenvalue weighted by molar-refractivity contribution is 0.0990. The summed E-state index contributed by atoms with van der Waals surface area (Å²) in [5.74, 6) is 0.446. The van der Waals surface area contributed by atoms with Crippen LogP contribution in [0.15, 0.2) is 0 Å². The SMILES string of the molecule is CCCCCCC(CN(C)C)C(C)O. The predicted molar refractivity (Wildman–Crippen MR) is 62.5 cm³/mol. The molecule has 0 heterocycles. The third kappa shape index (κ3) is 7.34. The second-order valence-corrected chi connectivity index (χ2v) is 4.61. The Morgan fingerprint density at radius 1 is 1.14 bits per heavy atom. The molecule has 14 heavy (non-hydrogen) atoms. The first-order chi connectivity index (χ1) is 6.57. The number of hydrogen-bond donors (Lipinski definition) is 1. The van der Waals surface area contributed by atoms with E-state index < -0.39 is 0 Å². The fourth-order valence-corrected chi connectivity index (χ4v) is 1.79. The molecule has 0 rings (SSSR count). The van der Waals surface area contributed by atoms with Crippen molar-refractivity contribution in [1.82, 2.24) is 4.90 Å². The van der Waals surface area contributed by atoms with Gasteiger partial charge in [0.2, 0.25) is 0 Å². The zero-order chi connectivity index (χ0) is 11.0. The minimum atomic E-state index is -0.168. The first-order valence-electron chi connectivity index (χ1n) is 5.90. The molecule has 0 amide bonds. The highest BCUT2D eigenvalue weighted by molar-refractivity contribution is 4.67. The Hall–Kier alpha value is -0.0800. The van der Waals surface area contributed by atoms with Crippen LogP contribution in [-0.4, -0.2) is 36.8 Å². The third-order valence-corrected chi connectivity index (χ3v) is 2.71. The summed E-state index contributed by atoms with van der Waals surface area (Å²) in [6.45, 7) is 5.14.